The van der Waals surface area contributed by atoms with Crippen molar-refractivity contribution in [3.8, 4) is 17.2 Å². The standard InChI is InChI=1S/C20H18N2O4/c1-25-17-10-13(11-18(26-2)19(17)23)12-21-22-20(24)16-9-5-7-14-6-3-4-8-15(14)16/h3-12,23H,1-2H3,(H,22,24)/b21-12+. The van der Waals surface area contributed by atoms with Crippen LogP contribution in [0.3, 0.4) is 0 Å². The van der Waals surface area contributed by atoms with Gasteiger partial charge >= 0.3 is 0 Å². The number of nitrogens with one attached hydrogen (secondary N) is 1. The fourth-order valence-corrected chi connectivity index (χ4v) is 2.64. The summed E-state index contributed by atoms with van der Waals surface area (Å²) >= 11 is 0. The van der Waals surface area contributed by atoms with Crippen LogP contribution in [0.15, 0.2) is 59.7 Å². The molecule has 0 saturated heterocycles. The van der Waals surface area contributed by atoms with E-state index in [0.717, 1.165) is 10.8 Å². The summed E-state index contributed by atoms with van der Waals surface area (Å²) in [7, 11) is 2.88. The first-order chi connectivity index (χ1) is 12.6. The zero-order valence-electron chi connectivity index (χ0n) is 14.4. The zero-order chi connectivity index (χ0) is 18.5. The number of benzene rings is 3. The Morgan fingerprint density at radius 2 is 1.69 bits per heavy atom. The molecule has 0 heterocycles. The van der Waals surface area contributed by atoms with Crippen molar-refractivity contribution >= 4 is 22.9 Å². The minimum atomic E-state index is -0.309. The van der Waals surface area contributed by atoms with Crippen LogP contribution in [0, 0.1) is 0 Å². The van der Waals surface area contributed by atoms with E-state index in [9.17, 15) is 9.90 Å². The molecule has 1 amide bonds. The summed E-state index contributed by atoms with van der Waals surface area (Å²) in [6.45, 7) is 0. The van der Waals surface area contributed by atoms with Crippen molar-refractivity contribution < 1.29 is 19.4 Å². The van der Waals surface area contributed by atoms with Crippen LogP contribution in [-0.2, 0) is 0 Å². The second kappa shape index (κ2) is 7.57. The number of fused-ring (bicyclic) bond motifs is 1. The van der Waals surface area contributed by atoms with Gasteiger partial charge in [-0.25, -0.2) is 5.43 Å². The Morgan fingerprint density at radius 3 is 2.38 bits per heavy atom. The number of amides is 1. The average molecular weight is 350 g/mol. The molecule has 2 N–H and O–H groups in total. The molecule has 6 nitrogen and oxygen atoms in total. The van der Waals surface area contributed by atoms with E-state index in [1.807, 2.05) is 36.4 Å². The Labute approximate surface area is 150 Å². The number of ether oxygens (including phenoxy) is 2. The third kappa shape index (κ3) is 3.44. The van der Waals surface area contributed by atoms with Gasteiger partial charge in [0.15, 0.2) is 11.5 Å². The predicted molar refractivity (Wildman–Crippen MR) is 100 cm³/mol. The fourth-order valence-electron chi connectivity index (χ4n) is 2.64. The van der Waals surface area contributed by atoms with Crippen LogP contribution in [0.2, 0.25) is 0 Å². The number of phenols is 1. The highest BCUT2D eigenvalue weighted by atomic mass is 16.5. The molecule has 0 aromatic heterocycles. The van der Waals surface area contributed by atoms with Crippen molar-refractivity contribution in [1.82, 2.24) is 5.43 Å². The predicted octanol–water partition coefficient (Wildman–Crippen LogP) is 3.33. The minimum Gasteiger partial charge on any atom is -0.502 e. The van der Waals surface area contributed by atoms with Gasteiger partial charge < -0.3 is 14.6 Å². The molecule has 0 radical (unpaired) electrons. The van der Waals surface area contributed by atoms with Crippen molar-refractivity contribution in [2.24, 2.45) is 5.10 Å². The third-order valence-electron chi connectivity index (χ3n) is 3.92. The van der Waals surface area contributed by atoms with Gasteiger partial charge in [0.2, 0.25) is 5.75 Å². The molecule has 6 heteroatoms. The smallest absolute Gasteiger partial charge is 0.271 e. The quantitative estimate of drug-likeness (QED) is 0.546. The number of carbonyl (C=O) groups is 1. The highest BCUT2D eigenvalue weighted by molar-refractivity contribution is 6.07. The van der Waals surface area contributed by atoms with Gasteiger partial charge in [0.25, 0.3) is 5.91 Å². The van der Waals surface area contributed by atoms with Gasteiger partial charge in [-0.1, -0.05) is 36.4 Å². The topological polar surface area (TPSA) is 80.2 Å². The average Bonchev–Trinajstić information content (AvgIpc) is 2.68. The molecular weight excluding hydrogens is 332 g/mol. The molecule has 0 unspecified atom stereocenters. The van der Waals surface area contributed by atoms with Crippen LogP contribution in [0.5, 0.6) is 17.2 Å². The number of carbonyl (C=O) groups excluding carboxylic acids is 1. The van der Waals surface area contributed by atoms with Crippen LogP contribution in [-0.4, -0.2) is 31.4 Å². The van der Waals surface area contributed by atoms with E-state index in [1.165, 1.54) is 20.4 Å². The summed E-state index contributed by atoms with van der Waals surface area (Å²) in [5.41, 5.74) is 3.66. The van der Waals surface area contributed by atoms with E-state index < -0.39 is 0 Å². The van der Waals surface area contributed by atoms with Crippen molar-refractivity contribution in [1.29, 1.82) is 0 Å². The maximum Gasteiger partial charge on any atom is 0.271 e. The normalized spacial score (nSPS) is 10.8. The van der Waals surface area contributed by atoms with E-state index >= 15 is 0 Å². The second-order valence-corrected chi connectivity index (χ2v) is 5.50. The lowest BCUT2D eigenvalue weighted by molar-refractivity contribution is 0.0957. The summed E-state index contributed by atoms with van der Waals surface area (Å²) in [4.78, 5) is 12.4. The molecule has 0 saturated carbocycles. The van der Waals surface area contributed by atoms with Crippen LogP contribution in [0.1, 0.15) is 15.9 Å². The van der Waals surface area contributed by atoms with Crippen molar-refractivity contribution in [2.45, 2.75) is 0 Å². The molecule has 0 aliphatic carbocycles. The van der Waals surface area contributed by atoms with Crippen molar-refractivity contribution in [3.05, 3.63) is 65.7 Å². The van der Waals surface area contributed by atoms with Crippen LogP contribution in [0.4, 0.5) is 0 Å². The Hall–Kier alpha value is -3.54. The van der Waals surface area contributed by atoms with Crippen molar-refractivity contribution in [3.63, 3.8) is 0 Å². The van der Waals surface area contributed by atoms with Gasteiger partial charge in [-0.15, -0.1) is 0 Å². The lowest BCUT2D eigenvalue weighted by Crippen LogP contribution is -2.17. The Kier molecular flexibility index (Phi) is 5.03. The minimum absolute atomic E-state index is 0.0908. The first-order valence-electron chi connectivity index (χ1n) is 7.90. The lowest BCUT2D eigenvalue weighted by atomic mass is 10.0. The van der Waals surface area contributed by atoms with Crippen LogP contribution in [0.25, 0.3) is 10.8 Å². The van der Waals surface area contributed by atoms with Gasteiger partial charge in [-0.05, 0) is 29.0 Å². The lowest BCUT2D eigenvalue weighted by Gasteiger charge is -2.09. The molecule has 0 fully saturated rings. The summed E-state index contributed by atoms with van der Waals surface area (Å²) in [6, 6.07) is 16.4. The largest absolute Gasteiger partial charge is 0.502 e. The summed E-state index contributed by atoms with van der Waals surface area (Å²) in [5.74, 6) is 0.111. The fraction of sp³-hybridized carbons (Fsp3) is 0.100. The highest BCUT2D eigenvalue weighted by Crippen LogP contribution is 2.36. The summed E-state index contributed by atoms with van der Waals surface area (Å²) in [6.07, 6.45) is 1.45. The Bertz CT molecular complexity index is 952. The highest BCUT2D eigenvalue weighted by Gasteiger charge is 2.11. The zero-order valence-corrected chi connectivity index (χ0v) is 14.4. The monoisotopic (exact) mass is 350 g/mol. The maximum absolute atomic E-state index is 12.4. The molecular formula is C20H18N2O4. The third-order valence-corrected chi connectivity index (χ3v) is 3.92. The summed E-state index contributed by atoms with van der Waals surface area (Å²) in [5, 5.41) is 15.7. The van der Waals surface area contributed by atoms with Gasteiger partial charge in [-0.3, -0.25) is 4.79 Å². The number of rotatable bonds is 5. The molecule has 3 aromatic rings. The van der Waals surface area contributed by atoms with Gasteiger partial charge in [0.05, 0.1) is 20.4 Å². The summed E-state index contributed by atoms with van der Waals surface area (Å²) < 4.78 is 10.2. The molecule has 0 atom stereocenters. The number of phenolic OH excluding ortho intramolecular Hbond substituents is 1. The van der Waals surface area contributed by atoms with Gasteiger partial charge in [0.1, 0.15) is 0 Å². The van der Waals surface area contributed by atoms with E-state index in [2.05, 4.69) is 10.5 Å². The molecule has 0 aliphatic rings. The SMILES string of the molecule is COc1cc(/C=N/NC(=O)c2cccc3ccccc23)cc(OC)c1O. The first kappa shape index (κ1) is 17.3. The van der Waals surface area contributed by atoms with Gasteiger partial charge in [0, 0.05) is 11.1 Å². The number of methoxy groups -OCH3 is 2. The second-order valence-electron chi connectivity index (χ2n) is 5.50. The van der Waals surface area contributed by atoms with E-state index in [1.54, 1.807) is 18.2 Å². The molecule has 0 spiro atoms. The number of nitrogens with zero attached hydrogens (tertiary/aromatic N) is 1. The molecule has 0 bridgehead atoms. The molecule has 3 aromatic carbocycles. The van der Waals surface area contributed by atoms with Crippen LogP contribution < -0.4 is 14.9 Å². The molecule has 26 heavy (non-hydrogen) atoms. The number of aromatic hydroxyl groups is 1. The Morgan fingerprint density at radius 1 is 1.04 bits per heavy atom. The Balaban J connectivity index is 1.81. The first-order valence-corrected chi connectivity index (χ1v) is 7.90. The molecule has 132 valence electrons. The number of hydrazone groups is 1. The van der Waals surface area contributed by atoms with E-state index in [-0.39, 0.29) is 23.2 Å². The molecule has 3 rings (SSSR count). The van der Waals surface area contributed by atoms with E-state index in [0.29, 0.717) is 11.1 Å². The van der Waals surface area contributed by atoms with Crippen molar-refractivity contribution in [2.75, 3.05) is 14.2 Å². The number of hydrogen-bond acceptors (Lipinski definition) is 5. The molecule has 0 aliphatic heterocycles. The van der Waals surface area contributed by atoms with E-state index in [4.69, 9.17) is 9.47 Å². The van der Waals surface area contributed by atoms with Crippen LogP contribution >= 0.6 is 0 Å². The number of hydrogen-bond donors (Lipinski definition) is 2. The van der Waals surface area contributed by atoms with Gasteiger partial charge in [-0.2, -0.15) is 5.10 Å². The maximum atomic E-state index is 12.4.